The molecule has 1 nitrogen and oxygen atoms in total. The van der Waals surface area contributed by atoms with Crippen LogP contribution in [0.2, 0.25) is 0 Å². The predicted octanol–water partition coefficient (Wildman–Crippen LogP) is 2.16. The number of hydrogen-bond acceptors (Lipinski definition) is 1. The zero-order valence-electron chi connectivity index (χ0n) is 5.64. The second-order valence-electron chi connectivity index (χ2n) is 1.98. The Labute approximate surface area is 72.8 Å². The summed E-state index contributed by atoms with van der Waals surface area (Å²) in [5.41, 5.74) is 0.446. The van der Waals surface area contributed by atoms with Crippen molar-refractivity contribution in [2.75, 3.05) is 0 Å². The van der Waals surface area contributed by atoms with E-state index in [1.165, 1.54) is 6.20 Å². The molecule has 11 heavy (non-hydrogen) atoms. The molecule has 1 aromatic rings. The minimum Gasteiger partial charge on any atom is -0.227 e. The van der Waals surface area contributed by atoms with Gasteiger partial charge in [-0.25, -0.2) is 4.98 Å². The van der Waals surface area contributed by atoms with Crippen molar-refractivity contribution in [1.82, 2.24) is 4.98 Å². The maximum Gasteiger partial charge on any atom is 0.217 e. The molecule has 0 aliphatic carbocycles. The molecule has 0 saturated heterocycles. The summed E-state index contributed by atoms with van der Waals surface area (Å²) >= 11 is 3.17. The highest BCUT2D eigenvalue weighted by atomic mass is 79.9. The van der Waals surface area contributed by atoms with Crippen LogP contribution in [0.4, 0.5) is 4.39 Å². The fraction of sp³-hybridized carbons (Fsp3) is 0.125. The van der Waals surface area contributed by atoms with Gasteiger partial charge in [-0.1, -0.05) is 0 Å². The lowest BCUT2D eigenvalue weighted by Gasteiger charge is -1.96. The molecule has 3 heteroatoms. The molecular formula is C8H5BrFN. The van der Waals surface area contributed by atoms with Gasteiger partial charge in [0.25, 0.3) is 0 Å². The second kappa shape index (κ2) is 3.49. The Kier molecular flexibility index (Phi) is 2.61. The number of halogens is 2. The van der Waals surface area contributed by atoms with Gasteiger partial charge in [-0.3, -0.25) is 0 Å². The van der Waals surface area contributed by atoms with Gasteiger partial charge >= 0.3 is 0 Å². The van der Waals surface area contributed by atoms with Crippen LogP contribution in [-0.4, -0.2) is 4.98 Å². The van der Waals surface area contributed by atoms with E-state index in [9.17, 15) is 4.39 Å². The first-order valence-corrected chi connectivity index (χ1v) is 3.76. The Morgan fingerprint density at radius 1 is 1.73 bits per heavy atom. The van der Waals surface area contributed by atoms with E-state index in [2.05, 4.69) is 26.8 Å². The van der Waals surface area contributed by atoms with Gasteiger partial charge < -0.3 is 0 Å². The molecule has 0 aromatic carbocycles. The molecule has 56 valence electrons. The van der Waals surface area contributed by atoms with Crippen LogP contribution in [0.1, 0.15) is 5.56 Å². The lowest BCUT2D eigenvalue weighted by atomic mass is 10.2. The van der Waals surface area contributed by atoms with Gasteiger partial charge in [0.05, 0.1) is 0 Å². The highest BCUT2D eigenvalue weighted by molar-refractivity contribution is 9.10. The number of aromatic nitrogens is 1. The monoisotopic (exact) mass is 213 g/mol. The Bertz CT molecular complexity index is 303. The lowest BCUT2D eigenvalue weighted by Crippen LogP contribution is -1.91. The molecule has 0 unspecified atom stereocenters. The fourth-order valence-electron chi connectivity index (χ4n) is 0.698. The third-order valence-electron chi connectivity index (χ3n) is 1.17. The molecule has 0 fully saturated rings. The van der Waals surface area contributed by atoms with Crippen LogP contribution in [0, 0.1) is 18.3 Å². The smallest absolute Gasteiger partial charge is 0.217 e. The quantitative estimate of drug-likeness (QED) is 0.515. The van der Waals surface area contributed by atoms with Crippen LogP contribution in [0.5, 0.6) is 0 Å². The molecule has 0 amide bonds. The Morgan fingerprint density at radius 3 is 3.09 bits per heavy atom. The molecule has 0 aliphatic rings. The summed E-state index contributed by atoms with van der Waals surface area (Å²) in [5.74, 6) is 1.86. The van der Waals surface area contributed by atoms with Gasteiger partial charge in [0.15, 0.2) is 0 Å². The molecule has 0 spiro atoms. The van der Waals surface area contributed by atoms with Crippen LogP contribution < -0.4 is 0 Å². The Morgan fingerprint density at radius 2 is 2.45 bits per heavy atom. The topological polar surface area (TPSA) is 12.9 Å². The van der Waals surface area contributed by atoms with Gasteiger partial charge in [-0.05, 0) is 22.0 Å². The molecule has 0 aliphatic heterocycles. The molecule has 1 aromatic heterocycles. The zero-order valence-corrected chi connectivity index (χ0v) is 7.23. The van der Waals surface area contributed by atoms with E-state index >= 15 is 0 Å². The minimum absolute atomic E-state index is 0.276. The third-order valence-corrected chi connectivity index (χ3v) is 1.60. The Hall–Kier alpha value is -0.880. The standard InChI is InChI=1S/C8H5BrFN/c1-2-3-6-4-7(9)5-11-8(6)10/h1,4-5H,3H2. The maximum atomic E-state index is 12.7. The first-order valence-electron chi connectivity index (χ1n) is 2.97. The van der Waals surface area contributed by atoms with E-state index in [0.717, 1.165) is 4.47 Å². The summed E-state index contributed by atoms with van der Waals surface area (Å²) in [7, 11) is 0. The maximum absolute atomic E-state index is 12.7. The van der Waals surface area contributed by atoms with Crippen molar-refractivity contribution in [1.29, 1.82) is 0 Å². The van der Waals surface area contributed by atoms with E-state index in [1.54, 1.807) is 6.07 Å². The summed E-state index contributed by atoms with van der Waals surface area (Å²) in [6.07, 6.45) is 6.69. The van der Waals surface area contributed by atoms with Crippen molar-refractivity contribution < 1.29 is 4.39 Å². The van der Waals surface area contributed by atoms with Crippen molar-refractivity contribution in [3.63, 3.8) is 0 Å². The van der Waals surface area contributed by atoms with Crippen LogP contribution in [0.25, 0.3) is 0 Å². The summed E-state index contributed by atoms with van der Waals surface area (Å²) in [6, 6.07) is 1.63. The minimum atomic E-state index is -0.494. The number of nitrogens with zero attached hydrogens (tertiary/aromatic N) is 1. The molecule has 0 radical (unpaired) electrons. The Balaban J connectivity index is 3.05. The van der Waals surface area contributed by atoms with Gasteiger partial charge in [-0.2, -0.15) is 4.39 Å². The first kappa shape index (κ1) is 8.22. The van der Waals surface area contributed by atoms with Gasteiger partial charge in [-0.15, -0.1) is 12.3 Å². The normalized spacial score (nSPS) is 9.18. The van der Waals surface area contributed by atoms with E-state index in [-0.39, 0.29) is 6.42 Å². The van der Waals surface area contributed by atoms with Crippen LogP contribution in [0.15, 0.2) is 16.7 Å². The molecule has 0 bridgehead atoms. The van der Waals surface area contributed by atoms with Crippen LogP contribution in [0.3, 0.4) is 0 Å². The lowest BCUT2D eigenvalue weighted by molar-refractivity contribution is 0.571. The van der Waals surface area contributed by atoms with Gasteiger partial charge in [0.2, 0.25) is 5.95 Å². The fourth-order valence-corrected chi connectivity index (χ4v) is 1.08. The molecular weight excluding hydrogens is 209 g/mol. The van der Waals surface area contributed by atoms with Crippen molar-refractivity contribution in [3.05, 3.63) is 28.2 Å². The van der Waals surface area contributed by atoms with Crippen molar-refractivity contribution in [3.8, 4) is 12.3 Å². The second-order valence-corrected chi connectivity index (χ2v) is 2.90. The van der Waals surface area contributed by atoms with E-state index in [4.69, 9.17) is 6.42 Å². The number of hydrogen-bond donors (Lipinski definition) is 0. The van der Waals surface area contributed by atoms with Crippen molar-refractivity contribution in [2.24, 2.45) is 0 Å². The number of pyridine rings is 1. The van der Waals surface area contributed by atoms with Crippen LogP contribution in [-0.2, 0) is 6.42 Å². The largest absolute Gasteiger partial charge is 0.227 e. The highest BCUT2D eigenvalue weighted by Gasteiger charge is 2.01. The van der Waals surface area contributed by atoms with Crippen molar-refractivity contribution in [2.45, 2.75) is 6.42 Å². The average Bonchev–Trinajstić information content (AvgIpc) is 1.98. The molecule has 1 rings (SSSR count). The molecule has 0 saturated carbocycles. The van der Waals surface area contributed by atoms with Crippen molar-refractivity contribution >= 4 is 15.9 Å². The summed E-state index contributed by atoms with van der Waals surface area (Å²) in [6.45, 7) is 0. The predicted molar refractivity (Wildman–Crippen MR) is 44.4 cm³/mol. The summed E-state index contributed by atoms with van der Waals surface area (Å²) in [4.78, 5) is 3.49. The van der Waals surface area contributed by atoms with E-state index < -0.39 is 5.95 Å². The SMILES string of the molecule is C#CCc1cc(Br)cnc1F. The highest BCUT2D eigenvalue weighted by Crippen LogP contribution is 2.12. The van der Waals surface area contributed by atoms with Gasteiger partial charge in [0, 0.05) is 22.7 Å². The van der Waals surface area contributed by atoms with E-state index in [1.807, 2.05) is 0 Å². The zero-order chi connectivity index (χ0) is 8.27. The van der Waals surface area contributed by atoms with E-state index in [0.29, 0.717) is 5.56 Å². The first-order chi connectivity index (χ1) is 5.24. The number of rotatable bonds is 1. The molecule has 1 heterocycles. The van der Waals surface area contributed by atoms with Gasteiger partial charge in [0.1, 0.15) is 0 Å². The third kappa shape index (κ3) is 2.02. The van der Waals surface area contributed by atoms with Crippen LogP contribution >= 0.6 is 15.9 Å². The summed E-state index contributed by atoms with van der Waals surface area (Å²) < 4.78 is 13.5. The average molecular weight is 214 g/mol. The molecule has 0 N–H and O–H groups in total. The molecule has 0 atom stereocenters. The number of terminal acetylenes is 1. The summed E-state index contributed by atoms with van der Waals surface area (Å²) in [5, 5.41) is 0.